The SMILES string of the molecule is Cc1noc(C2(C(=O)O)NCCc3ccccc32)n1. The number of rotatable bonds is 2. The molecule has 0 saturated carbocycles. The van der Waals surface area contributed by atoms with Gasteiger partial charge >= 0.3 is 5.97 Å². The first kappa shape index (κ1) is 11.9. The fourth-order valence-electron chi connectivity index (χ4n) is 2.51. The average Bonchev–Trinajstić information content (AvgIpc) is 2.84. The molecule has 0 aliphatic carbocycles. The zero-order valence-corrected chi connectivity index (χ0v) is 10.4. The molecule has 2 N–H and O–H groups in total. The second kappa shape index (κ2) is 4.17. The highest BCUT2D eigenvalue weighted by molar-refractivity contribution is 5.85. The van der Waals surface area contributed by atoms with Crippen molar-refractivity contribution in [3.63, 3.8) is 0 Å². The summed E-state index contributed by atoms with van der Waals surface area (Å²) in [5, 5.41) is 16.4. The molecule has 2 aromatic rings. The number of hydrogen-bond donors (Lipinski definition) is 2. The van der Waals surface area contributed by atoms with Gasteiger partial charge in [0.25, 0.3) is 5.89 Å². The maximum Gasteiger partial charge on any atom is 0.338 e. The summed E-state index contributed by atoms with van der Waals surface area (Å²) in [4.78, 5) is 16.0. The molecule has 1 aliphatic rings. The molecule has 0 spiro atoms. The molecule has 6 nitrogen and oxygen atoms in total. The van der Waals surface area contributed by atoms with Gasteiger partial charge in [0, 0.05) is 6.54 Å². The lowest BCUT2D eigenvalue weighted by molar-refractivity contribution is -0.144. The minimum Gasteiger partial charge on any atom is -0.479 e. The number of carbonyl (C=O) groups is 1. The number of nitrogens with zero attached hydrogens (tertiary/aromatic N) is 2. The Bertz CT molecular complexity index is 638. The highest BCUT2D eigenvalue weighted by Crippen LogP contribution is 2.34. The lowest BCUT2D eigenvalue weighted by Crippen LogP contribution is -2.54. The number of nitrogens with one attached hydrogen (secondary N) is 1. The van der Waals surface area contributed by atoms with E-state index in [1.807, 2.05) is 18.2 Å². The topological polar surface area (TPSA) is 88.2 Å². The van der Waals surface area contributed by atoms with E-state index in [0.717, 1.165) is 12.0 Å². The van der Waals surface area contributed by atoms with Crippen LogP contribution in [0.15, 0.2) is 28.8 Å². The van der Waals surface area contributed by atoms with Crippen molar-refractivity contribution < 1.29 is 14.4 Å². The second-order valence-electron chi connectivity index (χ2n) is 4.54. The van der Waals surface area contributed by atoms with Crippen LogP contribution in [0.2, 0.25) is 0 Å². The van der Waals surface area contributed by atoms with Crippen LogP contribution in [0.5, 0.6) is 0 Å². The first-order valence-electron chi connectivity index (χ1n) is 6.02. The maximum atomic E-state index is 11.9. The molecule has 0 radical (unpaired) electrons. The standard InChI is InChI=1S/C13H13N3O3/c1-8-15-11(19-16-8)13(12(17)18)10-5-3-2-4-9(10)6-7-14-13/h2-5,14H,6-7H2,1H3,(H,17,18). The summed E-state index contributed by atoms with van der Waals surface area (Å²) in [6.45, 7) is 2.21. The van der Waals surface area contributed by atoms with Crippen molar-refractivity contribution in [2.45, 2.75) is 18.9 Å². The third-order valence-electron chi connectivity index (χ3n) is 3.38. The summed E-state index contributed by atoms with van der Waals surface area (Å²) in [7, 11) is 0. The fraction of sp³-hybridized carbons (Fsp3) is 0.308. The van der Waals surface area contributed by atoms with Crippen LogP contribution in [0, 0.1) is 6.92 Å². The van der Waals surface area contributed by atoms with Gasteiger partial charge in [-0.15, -0.1) is 0 Å². The van der Waals surface area contributed by atoms with E-state index in [1.165, 1.54) is 0 Å². The van der Waals surface area contributed by atoms with Crippen molar-refractivity contribution in [2.75, 3.05) is 6.54 Å². The number of aromatic nitrogens is 2. The van der Waals surface area contributed by atoms with Gasteiger partial charge in [0.2, 0.25) is 5.54 Å². The smallest absolute Gasteiger partial charge is 0.338 e. The molecule has 1 unspecified atom stereocenters. The van der Waals surface area contributed by atoms with Gasteiger partial charge in [0.05, 0.1) is 0 Å². The molecule has 1 aromatic carbocycles. The molecule has 2 heterocycles. The molecule has 19 heavy (non-hydrogen) atoms. The molecule has 1 aromatic heterocycles. The monoisotopic (exact) mass is 259 g/mol. The van der Waals surface area contributed by atoms with Gasteiger partial charge in [-0.1, -0.05) is 29.4 Å². The summed E-state index contributed by atoms with van der Waals surface area (Å²) in [6, 6.07) is 7.43. The first-order valence-corrected chi connectivity index (χ1v) is 6.02. The first-order chi connectivity index (χ1) is 9.14. The predicted octanol–water partition coefficient (Wildman–Crippen LogP) is 0.852. The molecule has 3 rings (SSSR count). The molecule has 0 fully saturated rings. The lowest BCUT2D eigenvalue weighted by atomic mass is 9.82. The lowest BCUT2D eigenvalue weighted by Gasteiger charge is -2.33. The van der Waals surface area contributed by atoms with Gasteiger partial charge < -0.3 is 9.63 Å². The van der Waals surface area contributed by atoms with E-state index >= 15 is 0 Å². The van der Waals surface area contributed by atoms with Crippen molar-refractivity contribution in [2.24, 2.45) is 0 Å². The zero-order valence-electron chi connectivity index (χ0n) is 10.4. The van der Waals surface area contributed by atoms with Crippen LogP contribution in [0.1, 0.15) is 22.8 Å². The number of hydrogen-bond acceptors (Lipinski definition) is 5. The molecule has 0 amide bonds. The Hall–Kier alpha value is -2.21. The summed E-state index contributed by atoms with van der Waals surface area (Å²) in [5.41, 5.74) is 0.202. The third kappa shape index (κ3) is 1.64. The van der Waals surface area contributed by atoms with Gasteiger partial charge in [-0.2, -0.15) is 4.98 Å². The van der Waals surface area contributed by atoms with Crippen molar-refractivity contribution in [3.05, 3.63) is 47.1 Å². The van der Waals surface area contributed by atoms with Crippen LogP contribution in [0.4, 0.5) is 0 Å². The second-order valence-corrected chi connectivity index (χ2v) is 4.54. The Morgan fingerprint density at radius 3 is 2.95 bits per heavy atom. The summed E-state index contributed by atoms with van der Waals surface area (Å²) in [5.74, 6) is -0.548. The molecule has 1 atom stereocenters. The molecular formula is C13H13N3O3. The number of fused-ring (bicyclic) bond motifs is 1. The molecule has 1 aliphatic heterocycles. The third-order valence-corrected chi connectivity index (χ3v) is 3.38. The highest BCUT2D eigenvalue weighted by Gasteiger charge is 2.50. The van der Waals surface area contributed by atoms with E-state index < -0.39 is 11.5 Å². The van der Waals surface area contributed by atoms with Crippen LogP contribution in [-0.4, -0.2) is 27.8 Å². The van der Waals surface area contributed by atoms with E-state index in [1.54, 1.807) is 13.0 Å². The molecule has 0 saturated heterocycles. The van der Waals surface area contributed by atoms with E-state index in [2.05, 4.69) is 15.5 Å². The van der Waals surface area contributed by atoms with Crippen molar-refractivity contribution in [1.29, 1.82) is 0 Å². The van der Waals surface area contributed by atoms with E-state index in [-0.39, 0.29) is 5.89 Å². The van der Waals surface area contributed by atoms with Crippen molar-refractivity contribution in [1.82, 2.24) is 15.5 Å². The normalized spacial score (nSPS) is 21.9. The summed E-state index contributed by atoms with van der Waals surface area (Å²) >= 11 is 0. The largest absolute Gasteiger partial charge is 0.479 e. The van der Waals surface area contributed by atoms with Crippen LogP contribution >= 0.6 is 0 Å². The fourth-order valence-corrected chi connectivity index (χ4v) is 2.51. The summed E-state index contributed by atoms with van der Waals surface area (Å²) in [6.07, 6.45) is 0.776. The average molecular weight is 259 g/mol. The number of benzene rings is 1. The van der Waals surface area contributed by atoms with Crippen LogP contribution in [0.3, 0.4) is 0 Å². The predicted molar refractivity (Wildman–Crippen MR) is 65.6 cm³/mol. The maximum absolute atomic E-state index is 11.9. The number of aliphatic carboxylic acids is 1. The number of aryl methyl sites for hydroxylation is 1. The van der Waals surface area contributed by atoms with Crippen molar-refractivity contribution in [3.8, 4) is 0 Å². The van der Waals surface area contributed by atoms with Crippen LogP contribution < -0.4 is 5.32 Å². The van der Waals surface area contributed by atoms with Crippen molar-refractivity contribution >= 4 is 5.97 Å². The Balaban J connectivity index is 2.26. The Kier molecular flexibility index (Phi) is 2.60. The van der Waals surface area contributed by atoms with Gasteiger partial charge in [-0.3, -0.25) is 5.32 Å². The minimum absolute atomic E-state index is 0.0738. The molecule has 6 heteroatoms. The Morgan fingerprint density at radius 1 is 1.47 bits per heavy atom. The highest BCUT2D eigenvalue weighted by atomic mass is 16.5. The Morgan fingerprint density at radius 2 is 2.26 bits per heavy atom. The van der Waals surface area contributed by atoms with E-state index in [9.17, 15) is 9.90 Å². The number of carboxylic acids is 1. The minimum atomic E-state index is -1.45. The van der Waals surface area contributed by atoms with Gasteiger partial charge in [-0.05, 0) is 24.5 Å². The van der Waals surface area contributed by atoms with E-state index in [0.29, 0.717) is 17.9 Å². The van der Waals surface area contributed by atoms with Gasteiger partial charge in [0.1, 0.15) is 0 Å². The number of carboxylic acid groups (broad SMARTS) is 1. The molecule has 0 bridgehead atoms. The van der Waals surface area contributed by atoms with Gasteiger partial charge in [-0.25, -0.2) is 4.79 Å². The molecule has 98 valence electrons. The summed E-state index contributed by atoms with van der Waals surface area (Å²) < 4.78 is 5.12. The van der Waals surface area contributed by atoms with E-state index in [4.69, 9.17) is 4.52 Å². The quantitative estimate of drug-likeness (QED) is 0.831. The van der Waals surface area contributed by atoms with Crippen LogP contribution in [0.25, 0.3) is 0 Å². The zero-order chi connectivity index (χ0) is 13.5. The van der Waals surface area contributed by atoms with Gasteiger partial charge in [0.15, 0.2) is 5.82 Å². The molecular weight excluding hydrogens is 246 g/mol. The van der Waals surface area contributed by atoms with Crippen LogP contribution in [-0.2, 0) is 16.8 Å². The Labute approximate surface area is 109 Å².